The number of para-hydroxylation sites is 1. The average molecular weight is 792 g/mol. The topological polar surface area (TPSA) is 65.0 Å². The molecule has 0 bridgehead atoms. The molecule has 62 heavy (non-hydrogen) atoms. The maximum Gasteiger partial charge on any atom is 0.164 e. The number of rotatable bonds is 5. The zero-order valence-corrected chi connectivity index (χ0v) is 33.2. The van der Waals surface area contributed by atoms with Crippen LogP contribution in [0.15, 0.2) is 209 Å². The molecule has 13 rings (SSSR count). The Morgan fingerprint density at radius 1 is 0.274 bits per heavy atom. The summed E-state index contributed by atoms with van der Waals surface area (Å²) >= 11 is 0. The smallest absolute Gasteiger partial charge is 0.164 e. The van der Waals surface area contributed by atoms with Crippen LogP contribution in [0.25, 0.3) is 133 Å². The van der Waals surface area contributed by atoms with Gasteiger partial charge in [-0.25, -0.2) is 15.0 Å². The summed E-state index contributed by atoms with van der Waals surface area (Å²) in [6.07, 6.45) is 0. The Morgan fingerprint density at radius 2 is 0.855 bits per heavy atom. The molecule has 0 unspecified atom stereocenters. The zero-order valence-electron chi connectivity index (χ0n) is 33.2. The Labute approximate surface area is 355 Å². The lowest BCUT2D eigenvalue weighted by molar-refractivity contribution is 0.669. The summed E-state index contributed by atoms with van der Waals surface area (Å²) in [5.74, 6) is 1.71. The highest BCUT2D eigenvalue weighted by Crippen LogP contribution is 2.45. The Kier molecular flexibility index (Phi) is 7.54. The molecule has 0 fully saturated rings. The first-order valence-corrected chi connectivity index (χ1v) is 20.8. The van der Waals surface area contributed by atoms with Gasteiger partial charge in [-0.05, 0) is 104 Å². The second-order valence-electron chi connectivity index (χ2n) is 15.9. The maximum absolute atomic E-state index is 7.05. The van der Waals surface area contributed by atoms with E-state index in [1.807, 2.05) is 36.4 Å². The lowest BCUT2D eigenvalue weighted by Crippen LogP contribution is -2.00. The molecule has 0 saturated carbocycles. The number of hydrogen-bond donors (Lipinski definition) is 0. The van der Waals surface area contributed by atoms with Crippen LogP contribution in [0.3, 0.4) is 0 Å². The van der Waals surface area contributed by atoms with E-state index in [2.05, 4.69) is 164 Å². The van der Waals surface area contributed by atoms with Crippen LogP contribution in [0, 0.1) is 0 Å². The SMILES string of the molecule is c1ccc(-c2ccc(-c3nc(-c4ccc5oc6ccccc6c5c4)nc(-c4ccc(-c5cc6ccccc6c6ccccc56)c5oc6cc7ccccc7cc6c45)n3)cc2)cc1. The van der Waals surface area contributed by atoms with Gasteiger partial charge in [0.05, 0.1) is 0 Å². The van der Waals surface area contributed by atoms with Gasteiger partial charge in [-0.1, -0.05) is 146 Å². The van der Waals surface area contributed by atoms with E-state index in [-0.39, 0.29) is 0 Å². The molecule has 13 aromatic rings. The van der Waals surface area contributed by atoms with E-state index in [1.54, 1.807) is 0 Å². The second-order valence-corrected chi connectivity index (χ2v) is 15.9. The fraction of sp³-hybridized carbons (Fsp3) is 0. The lowest BCUT2D eigenvalue weighted by Gasteiger charge is -2.13. The first kappa shape index (κ1) is 34.5. The van der Waals surface area contributed by atoms with Gasteiger partial charge in [0.2, 0.25) is 0 Å². The second kappa shape index (κ2) is 13.6. The van der Waals surface area contributed by atoms with E-state index in [9.17, 15) is 0 Å². The van der Waals surface area contributed by atoms with Crippen LogP contribution in [-0.2, 0) is 0 Å². The van der Waals surface area contributed by atoms with Crippen molar-refractivity contribution in [3.05, 3.63) is 200 Å². The molecule has 0 spiro atoms. The van der Waals surface area contributed by atoms with E-state index >= 15 is 0 Å². The van der Waals surface area contributed by atoms with Crippen molar-refractivity contribution < 1.29 is 8.83 Å². The van der Waals surface area contributed by atoms with E-state index in [4.69, 9.17) is 23.8 Å². The Morgan fingerprint density at radius 3 is 1.68 bits per heavy atom. The van der Waals surface area contributed by atoms with Crippen LogP contribution in [0.1, 0.15) is 0 Å². The molecule has 10 aromatic carbocycles. The third kappa shape index (κ3) is 5.45. The molecule has 3 aromatic heterocycles. The van der Waals surface area contributed by atoms with E-state index in [0.717, 1.165) is 99.0 Å². The molecular formula is C57H33N3O2. The molecule has 0 aliphatic carbocycles. The molecule has 0 radical (unpaired) electrons. The summed E-state index contributed by atoms with van der Waals surface area (Å²) in [5.41, 5.74) is 10.3. The number of furan rings is 2. The molecule has 0 atom stereocenters. The van der Waals surface area contributed by atoms with E-state index < -0.39 is 0 Å². The minimum atomic E-state index is 0.560. The third-order valence-corrected chi connectivity index (χ3v) is 12.3. The zero-order chi connectivity index (χ0) is 40.7. The van der Waals surface area contributed by atoms with Crippen molar-refractivity contribution in [3.63, 3.8) is 0 Å². The summed E-state index contributed by atoms with van der Waals surface area (Å²) in [6.45, 7) is 0. The van der Waals surface area contributed by atoms with Gasteiger partial charge in [0.15, 0.2) is 17.5 Å². The van der Waals surface area contributed by atoms with Gasteiger partial charge < -0.3 is 8.83 Å². The molecule has 0 amide bonds. The molecule has 3 heterocycles. The van der Waals surface area contributed by atoms with Crippen molar-refractivity contribution in [3.8, 4) is 56.4 Å². The van der Waals surface area contributed by atoms with E-state index in [0.29, 0.717) is 17.5 Å². The Hall–Kier alpha value is -8.41. The van der Waals surface area contributed by atoms with Crippen molar-refractivity contribution >= 4 is 76.2 Å². The highest BCUT2D eigenvalue weighted by molar-refractivity contribution is 6.21. The van der Waals surface area contributed by atoms with E-state index in [1.165, 1.54) is 16.2 Å². The van der Waals surface area contributed by atoms with Gasteiger partial charge in [-0.2, -0.15) is 0 Å². The minimum Gasteiger partial charge on any atom is -0.456 e. The normalized spacial score (nSPS) is 11.9. The van der Waals surface area contributed by atoms with Crippen LogP contribution in [0.2, 0.25) is 0 Å². The molecule has 0 saturated heterocycles. The highest BCUT2D eigenvalue weighted by atomic mass is 16.3. The first-order chi connectivity index (χ1) is 30.7. The number of hydrogen-bond acceptors (Lipinski definition) is 5. The fourth-order valence-corrected chi connectivity index (χ4v) is 9.30. The van der Waals surface area contributed by atoms with Gasteiger partial charge in [-0.15, -0.1) is 0 Å². The molecule has 0 aliphatic rings. The predicted octanol–water partition coefficient (Wildman–Crippen LogP) is 15.5. The van der Waals surface area contributed by atoms with Crippen LogP contribution >= 0.6 is 0 Å². The van der Waals surface area contributed by atoms with Crippen molar-refractivity contribution in [2.45, 2.75) is 0 Å². The average Bonchev–Trinajstić information content (AvgIpc) is 3.91. The molecule has 5 nitrogen and oxygen atoms in total. The summed E-state index contributed by atoms with van der Waals surface area (Å²) in [7, 11) is 0. The summed E-state index contributed by atoms with van der Waals surface area (Å²) < 4.78 is 13.3. The fourth-order valence-electron chi connectivity index (χ4n) is 9.30. The standard InChI is InChI=1S/C57H33N3O2/c1-2-12-34(13-3-1)35-22-24-36(25-23-35)55-58-56(40-26-29-51-48(32-40)44-20-10-11-21-50(44)61-51)60-57(59-55)46-28-27-45(47-31-39-16-6-7-17-41(39)42-18-8-9-19-43(42)47)54-53(46)49-30-37-14-4-5-15-38(37)33-52(49)62-54/h1-33H. The Bertz CT molecular complexity index is 3920. The van der Waals surface area contributed by atoms with Crippen molar-refractivity contribution in [2.24, 2.45) is 0 Å². The van der Waals surface area contributed by atoms with Crippen LogP contribution in [-0.4, -0.2) is 15.0 Å². The molecule has 0 aliphatic heterocycles. The van der Waals surface area contributed by atoms with Crippen molar-refractivity contribution in [1.29, 1.82) is 0 Å². The van der Waals surface area contributed by atoms with Gasteiger partial charge in [0.25, 0.3) is 0 Å². The van der Waals surface area contributed by atoms with Gasteiger partial charge in [0, 0.05) is 43.8 Å². The molecule has 0 N–H and O–H groups in total. The summed E-state index contributed by atoms with van der Waals surface area (Å²) in [6, 6.07) is 69.9. The molecule has 288 valence electrons. The first-order valence-electron chi connectivity index (χ1n) is 20.8. The molecule has 5 heteroatoms. The van der Waals surface area contributed by atoms with Crippen molar-refractivity contribution in [2.75, 3.05) is 0 Å². The summed E-state index contributed by atoms with van der Waals surface area (Å²) in [5, 5.41) is 11.0. The van der Waals surface area contributed by atoms with Crippen molar-refractivity contribution in [1.82, 2.24) is 15.0 Å². The van der Waals surface area contributed by atoms with Gasteiger partial charge in [-0.3, -0.25) is 0 Å². The van der Waals surface area contributed by atoms with Gasteiger partial charge in [0.1, 0.15) is 22.3 Å². The van der Waals surface area contributed by atoms with Crippen LogP contribution in [0.4, 0.5) is 0 Å². The third-order valence-electron chi connectivity index (χ3n) is 12.3. The Balaban J connectivity index is 1.08. The largest absolute Gasteiger partial charge is 0.456 e. The number of aromatic nitrogens is 3. The number of fused-ring (bicyclic) bond motifs is 10. The predicted molar refractivity (Wildman–Crippen MR) is 254 cm³/mol. The number of benzene rings is 10. The monoisotopic (exact) mass is 791 g/mol. The van der Waals surface area contributed by atoms with Crippen LogP contribution in [0.5, 0.6) is 0 Å². The number of nitrogens with zero attached hydrogens (tertiary/aromatic N) is 3. The lowest BCUT2D eigenvalue weighted by atomic mass is 9.91. The highest BCUT2D eigenvalue weighted by Gasteiger charge is 2.23. The van der Waals surface area contributed by atoms with Gasteiger partial charge >= 0.3 is 0 Å². The molecular weight excluding hydrogens is 759 g/mol. The minimum absolute atomic E-state index is 0.560. The quantitative estimate of drug-likeness (QED) is 0.162. The maximum atomic E-state index is 7.05. The van der Waals surface area contributed by atoms with Crippen LogP contribution < -0.4 is 0 Å². The summed E-state index contributed by atoms with van der Waals surface area (Å²) in [4.78, 5) is 15.8.